The molecule has 0 amide bonds. The first-order chi connectivity index (χ1) is 13.4. The van der Waals surface area contributed by atoms with E-state index in [1.807, 2.05) is 42.5 Å². The van der Waals surface area contributed by atoms with Crippen molar-refractivity contribution in [3.05, 3.63) is 48.0 Å². The van der Waals surface area contributed by atoms with Crippen molar-refractivity contribution in [3.8, 4) is 0 Å². The average molecular weight is 404 g/mol. The van der Waals surface area contributed by atoms with Gasteiger partial charge in [0, 0.05) is 25.4 Å². The Morgan fingerprint density at radius 2 is 1.71 bits per heavy atom. The molecule has 0 saturated carbocycles. The number of fused-ring (bicyclic) bond motifs is 1. The molecule has 7 heteroatoms. The minimum Gasteiger partial charge on any atom is -0.481 e. The maximum absolute atomic E-state index is 11.7. The predicted octanol–water partition coefficient (Wildman–Crippen LogP) is 3.31. The number of aliphatic carboxylic acids is 1. The van der Waals surface area contributed by atoms with Gasteiger partial charge in [-0.3, -0.25) is 14.4 Å². The second kappa shape index (κ2) is 10.7. The van der Waals surface area contributed by atoms with Crippen LogP contribution in [0.1, 0.15) is 19.4 Å². The first-order valence-corrected chi connectivity index (χ1v) is 10.1. The molecule has 1 N–H and O–H groups in total. The summed E-state index contributed by atoms with van der Waals surface area (Å²) in [4.78, 5) is 33.9. The molecule has 2 rings (SSSR count). The number of esters is 2. The molecule has 2 unspecified atom stereocenters. The van der Waals surface area contributed by atoms with Gasteiger partial charge in [-0.15, -0.1) is 0 Å². The van der Waals surface area contributed by atoms with E-state index in [9.17, 15) is 19.5 Å². The largest absolute Gasteiger partial charge is 0.481 e. The van der Waals surface area contributed by atoms with Gasteiger partial charge < -0.3 is 14.6 Å². The highest BCUT2D eigenvalue weighted by Gasteiger charge is 2.21. The number of hydrogen-bond donors (Lipinski definition) is 1. The van der Waals surface area contributed by atoms with E-state index < -0.39 is 29.9 Å². The highest BCUT2D eigenvalue weighted by Crippen LogP contribution is 2.23. The minimum absolute atomic E-state index is 0.0387. The lowest BCUT2D eigenvalue weighted by atomic mass is 9.96. The maximum Gasteiger partial charge on any atom is 0.307 e. The maximum atomic E-state index is 11.7. The van der Waals surface area contributed by atoms with Gasteiger partial charge in [-0.25, -0.2) is 0 Å². The number of rotatable bonds is 10. The summed E-state index contributed by atoms with van der Waals surface area (Å²) in [5, 5.41) is 11.8. The van der Waals surface area contributed by atoms with Gasteiger partial charge in [-0.05, 0) is 22.8 Å². The molecular weight excluding hydrogens is 380 g/mol. The van der Waals surface area contributed by atoms with Crippen molar-refractivity contribution in [1.82, 2.24) is 0 Å². The molecule has 2 atom stereocenters. The molecule has 150 valence electrons. The second-order valence-corrected chi connectivity index (χ2v) is 7.52. The van der Waals surface area contributed by atoms with Crippen LogP contribution in [0.4, 0.5) is 0 Å². The van der Waals surface area contributed by atoms with Crippen LogP contribution in [0.3, 0.4) is 0 Å². The SMILES string of the molecule is CC(=O)OCC(CSCC(Cc1cccc2ccccc12)C(=O)O)OC(C)=O. The zero-order valence-electron chi connectivity index (χ0n) is 15.9. The molecule has 0 aliphatic carbocycles. The molecule has 0 spiro atoms. The lowest BCUT2D eigenvalue weighted by molar-refractivity contribution is -0.154. The van der Waals surface area contributed by atoms with E-state index in [0.29, 0.717) is 17.9 Å². The molecule has 0 heterocycles. The normalized spacial score (nSPS) is 12.9. The molecule has 2 aromatic rings. The van der Waals surface area contributed by atoms with Crippen LogP contribution in [0.15, 0.2) is 42.5 Å². The Labute approximate surface area is 168 Å². The minimum atomic E-state index is -0.871. The zero-order valence-corrected chi connectivity index (χ0v) is 16.7. The van der Waals surface area contributed by atoms with Gasteiger partial charge in [0.25, 0.3) is 0 Å². The Hall–Kier alpha value is -2.54. The summed E-state index contributed by atoms with van der Waals surface area (Å²) in [5.41, 5.74) is 0.988. The summed E-state index contributed by atoms with van der Waals surface area (Å²) >= 11 is 1.37. The van der Waals surface area contributed by atoms with E-state index in [0.717, 1.165) is 16.3 Å². The topological polar surface area (TPSA) is 89.9 Å². The number of carboxylic acid groups (broad SMARTS) is 1. The number of thioether (sulfide) groups is 1. The van der Waals surface area contributed by atoms with Crippen LogP contribution in [0, 0.1) is 5.92 Å². The third-order valence-electron chi connectivity index (χ3n) is 4.12. The van der Waals surface area contributed by atoms with Gasteiger partial charge in [-0.1, -0.05) is 42.5 Å². The highest BCUT2D eigenvalue weighted by molar-refractivity contribution is 7.99. The van der Waals surface area contributed by atoms with Crippen LogP contribution >= 0.6 is 11.8 Å². The van der Waals surface area contributed by atoms with E-state index in [4.69, 9.17) is 9.47 Å². The van der Waals surface area contributed by atoms with Crippen molar-refractivity contribution in [2.24, 2.45) is 5.92 Å². The fraction of sp³-hybridized carbons (Fsp3) is 0.381. The Bertz CT molecular complexity index is 829. The van der Waals surface area contributed by atoms with E-state index in [2.05, 4.69) is 0 Å². The van der Waals surface area contributed by atoms with Gasteiger partial charge in [0.2, 0.25) is 0 Å². The van der Waals surface area contributed by atoms with Gasteiger partial charge in [0.05, 0.1) is 5.92 Å². The van der Waals surface area contributed by atoms with Crippen molar-refractivity contribution in [2.45, 2.75) is 26.4 Å². The molecular formula is C21H24O6S. The van der Waals surface area contributed by atoms with E-state index in [-0.39, 0.29) is 6.61 Å². The standard InChI is InChI=1S/C21H24O6S/c1-14(22)26-11-19(27-15(2)23)13-28-12-18(21(24)25)10-17-8-5-7-16-6-3-4-9-20(16)17/h3-9,18-19H,10-13H2,1-2H3,(H,24,25). The lowest BCUT2D eigenvalue weighted by Gasteiger charge is -2.18. The Balaban J connectivity index is 1.99. The van der Waals surface area contributed by atoms with Gasteiger partial charge in [0.15, 0.2) is 0 Å². The summed E-state index contributed by atoms with van der Waals surface area (Å²) in [6.07, 6.45) is -0.190. The fourth-order valence-electron chi connectivity index (χ4n) is 2.86. The van der Waals surface area contributed by atoms with Crippen LogP contribution in [-0.2, 0) is 30.3 Å². The van der Waals surface area contributed by atoms with Crippen LogP contribution in [0.25, 0.3) is 10.8 Å². The summed E-state index contributed by atoms with van der Waals surface area (Å²) in [7, 11) is 0. The quantitative estimate of drug-likeness (QED) is 0.608. The zero-order chi connectivity index (χ0) is 20.5. The summed E-state index contributed by atoms with van der Waals surface area (Å²) in [6, 6.07) is 13.8. The monoisotopic (exact) mass is 404 g/mol. The smallest absolute Gasteiger partial charge is 0.307 e. The van der Waals surface area contributed by atoms with Crippen LogP contribution in [-0.4, -0.2) is 47.2 Å². The average Bonchev–Trinajstić information content (AvgIpc) is 2.64. The Morgan fingerprint density at radius 3 is 2.39 bits per heavy atom. The molecule has 0 aliphatic rings. The van der Waals surface area contributed by atoms with Gasteiger partial charge in [0.1, 0.15) is 12.7 Å². The molecule has 0 radical (unpaired) electrons. The Morgan fingerprint density at radius 1 is 1.00 bits per heavy atom. The summed E-state index contributed by atoms with van der Waals surface area (Å²) in [6.45, 7) is 2.53. The third kappa shape index (κ3) is 6.88. The van der Waals surface area contributed by atoms with Crippen LogP contribution < -0.4 is 0 Å². The summed E-state index contributed by atoms with van der Waals surface area (Å²) < 4.78 is 10.0. The van der Waals surface area contributed by atoms with Crippen molar-refractivity contribution in [1.29, 1.82) is 0 Å². The van der Waals surface area contributed by atoms with Gasteiger partial charge in [-0.2, -0.15) is 11.8 Å². The number of ether oxygens (including phenoxy) is 2. The Kier molecular flexibility index (Phi) is 8.32. The van der Waals surface area contributed by atoms with E-state index in [1.54, 1.807) is 0 Å². The molecule has 0 aromatic heterocycles. The number of carbonyl (C=O) groups excluding carboxylic acids is 2. The predicted molar refractivity (Wildman–Crippen MR) is 108 cm³/mol. The number of carbonyl (C=O) groups is 3. The molecule has 0 fully saturated rings. The first kappa shape index (κ1) is 21.8. The van der Waals surface area contributed by atoms with E-state index >= 15 is 0 Å². The number of carboxylic acids is 1. The third-order valence-corrected chi connectivity index (χ3v) is 5.37. The first-order valence-electron chi connectivity index (χ1n) is 8.94. The molecule has 2 aromatic carbocycles. The van der Waals surface area contributed by atoms with Crippen LogP contribution in [0.5, 0.6) is 0 Å². The molecule has 28 heavy (non-hydrogen) atoms. The van der Waals surface area contributed by atoms with Crippen molar-refractivity contribution in [3.63, 3.8) is 0 Å². The lowest BCUT2D eigenvalue weighted by Crippen LogP contribution is -2.27. The molecule has 0 bridgehead atoms. The highest BCUT2D eigenvalue weighted by atomic mass is 32.2. The molecule has 0 saturated heterocycles. The number of benzene rings is 2. The fourth-order valence-corrected chi connectivity index (χ4v) is 3.96. The number of hydrogen-bond acceptors (Lipinski definition) is 6. The van der Waals surface area contributed by atoms with Gasteiger partial charge >= 0.3 is 17.9 Å². The second-order valence-electron chi connectivity index (χ2n) is 6.45. The molecule has 0 aliphatic heterocycles. The van der Waals surface area contributed by atoms with Crippen molar-refractivity contribution < 1.29 is 29.0 Å². The molecule has 6 nitrogen and oxygen atoms in total. The van der Waals surface area contributed by atoms with Crippen molar-refractivity contribution in [2.75, 3.05) is 18.1 Å². The summed E-state index contributed by atoms with van der Waals surface area (Å²) in [5.74, 6) is -1.67. The van der Waals surface area contributed by atoms with Crippen LogP contribution in [0.2, 0.25) is 0 Å². The van der Waals surface area contributed by atoms with Crippen molar-refractivity contribution >= 4 is 40.4 Å². The van der Waals surface area contributed by atoms with E-state index in [1.165, 1.54) is 25.6 Å².